The van der Waals surface area contributed by atoms with Crippen LogP contribution in [0.3, 0.4) is 0 Å². The van der Waals surface area contributed by atoms with Crippen molar-refractivity contribution in [2.75, 3.05) is 20.6 Å². The van der Waals surface area contributed by atoms with Gasteiger partial charge in [0.25, 0.3) is 0 Å². The van der Waals surface area contributed by atoms with Crippen LogP contribution >= 0.6 is 8.03 Å². The predicted molar refractivity (Wildman–Crippen MR) is 101 cm³/mol. The third kappa shape index (κ3) is 3.33. The number of nitrogens with one attached hydrogen (secondary N) is 1. The van der Waals surface area contributed by atoms with Crippen LogP contribution in [0, 0.1) is 11.8 Å². The first-order valence-electron chi connectivity index (χ1n) is 8.80. The molecule has 2 rings (SSSR count). The second-order valence-electron chi connectivity index (χ2n) is 8.22. The van der Waals surface area contributed by atoms with Crippen molar-refractivity contribution in [1.82, 2.24) is 15.1 Å². The van der Waals surface area contributed by atoms with E-state index in [-0.39, 0.29) is 17.5 Å². The minimum atomic E-state index is -2.64. The number of likely N-dealkylation sites (N-methyl/N-ethyl adjacent to an activating group) is 2. The van der Waals surface area contributed by atoms with Crippen molar-refractivity contribution in [3.05, 3.63) is 24.6 Å². The fraction of sp³-hybridized carbons (Fsp3) is 0.778. The molecule has 0 bridgehead atoms. The molecular weight excluding hydrogens is 588 g/mol. The Labute approximate surface area is 147 Å². The Hall–Kier alpha value is -1.77. The Balaban J connectivity index is 0.00000312. The monoisotopic (exact) mass is 622 g/mol. The van der Waals surface area contributed by atoms with E-state index in [1.54, 1.807) is 0 Å². The SMILES string of the molecule is C=C(C1CC(C)CN1C(=C)C(C)(C)NC)N(C)C1([PH](=O)O)CC1C.[Rf]. The van der Waals surface area contributed by atoms with Gasteiger partial charge in [-0.2, -0.15) is 0 Å². The first-order valence-corrected chi connectivity index (χ1v) is 10.2. The van der Waals surface area contributed by atoms with Crippen LogP contribution in [-0.4, -0.2) is 52.2 Å². The third-order valence-electron chi connectivity index (χ3n) is 6.26. The molecule has 0 amide bonds. The molecule has 0 aromatic carbocycles. The molecule has 2 aliphatic rings. The van der Waals surface area contributed by atoms with E-state index in [4.69, 9.17) is 0 Å². The maximum Gasteiger partial charge on any atom is 0.214 e. The summed E-state index contributed by atoms with van der Waals surface area (Å²) in [7, 11) is 1.23. The fourth-order valence-electron chi connectivity index (χ4n) is 3.96. The molecule has 7 heteroatoms. The number of hydrogen-bond donors (Lipinski definition) is 2. The average Bonchev–Trinajstić information content (AvgIpc) is 3.06. The van der Waals surface area contributed by atoms with Gasteiger partial charge >= 0.3 is 0 Å². The Bertz CT molecular complexity index is 569. The van der Waals surface area contributed by atoms with E-state index in [1.165, 1.54) is 0 Å². The first kappa shape index (κ1) is 21.3. The van der Waals surface area contributed by atoms with E-state index in [9.17, 15) is 9.46 Å². The maximum absolute atomic E-state index is 12.0. The van der Waals surface area contributed by atoms with Crippen LogP contribution in [0.2, 0.25) is 0 Å². The summed E-state index contributed by atoms with van der Waals surface area (Å²) >= 11 is 0. The Morgan fingerprint density at radius 2 is 1.92 bits per heavy atom. The summed E-state index contributed by atoms with van der Waals surface area (Å²) in [6, 6.07) is 0.135. The van der Waals surface area contributed by atoms with Crippen molar-refractivity contribution in [2.45, 2.75) is 57.4 Å². The summed E-state index contributed by atoms with van der Waals surface area (Å²) < 4.78 is 12.0. The summed E-state index contributed by atoms with van der Waals surface area (Å²) in [5.41, 5.74) is 1.78. The molecule has 1 saturated heterocycles. The Morgan fingerprint density at radius 3 is 2.32 bits per heavy atom. The molecule has 2 N–H and O–H groups in total. The van der Waals surface area contributed by atoms with Crippen molar-refractivity contribution in [2.24, 2.45) is 11.8 Å². The summed E-state index contributed by atoms with van der Waals surface area (Å²) in [5.74, 6) is 0.781. The van der Waals surface area contributed by atoms with E-state index in [1.807, 2.05) is 25.9 Å². The third-order valence-corrected chi connectivity index (χ3v) is 8.03. The molecule has 0 aromatic rings. The molecule has 140 valence electrons. The topological polar surface area (TPSA) is 55.8 Å². The number of likely N-dealkylation sites (tertiary alicyclic amines) is 1. The molecule has 1 aliphatic carbocycles. The second kappa shape index (κ2) is 6.86. The van der Waals surface area contributed by atoms with Crippen LogP contribution in [-0.2, 0) is 4.57 Å². The molecular formula is C18H34N3O2PRf. The van der Waals surface area contributed by atoms with Crippen molar-refractivity contribution >= 4 is 8.03 Å². The molecule has 0 radical (unpaired) electrons. The zero-order chi connectivity index (χ0) is 18.4. The molecule has 5 atom stereocenters. The molecule has 0 spiro atoms. The van der Waals surface area contributed by atoms with E-state index < -0.39 is 13.3 Å². The molecule has 1 aliphatic heterocycles. The first-order chi connectivity index (χ1) is 11.0. The van der Waals surface area contributed by atoms with Gasteiger partial charge in [-0.1, -0.05) is 27.0 Å². The molecule has 1 saturated carbocycles. The quantitative estimate of drug-likeness (QED) is 0.428. The normalized spacial score (nSPS) is 32.8. The van der Waals surface area contributed by atoms with Gasteiger partial charge in [-0.25, -0.2) is 0 Å². The Kier molecular flexibility index (Phi) is 5.83. The summed E-state index contributed by atoms with van der Waals surface area (Å²) in [4.78, 5) is 14.2. The van der Waals surface area contributed by atoms with Gasteiger partial charge in [0.2, 0.25) is 8.03 Å². The van der Waals surface area contributed by atoms with E-state index in [0.29, 0.717) is 5.92 Å². The van der Waals surface area contributed by atoms with E-state index in [2.05, 4.69) is 44.1 Å². The van der Waals surface area contributed by atoms with Gasteiger partial charge in [0, 0.05) is 25.0 Å². The van der Waals surface area contributed by atoms with Gasteiger partial charge in [-0.15, -0.1) is 0 Å². The van der Waals surface area contributed by atoms with Crippen LogP contribution in [0.15, 0.2) is 24.6 Å². The standard InChI is InChI=1S/C18H34N3O2P.Rf/c1-12-9-16(21(11-12)15(4)17(5,6)19-7)14(3)20(8)18(24(22)23)10-13(18)2;/h12-13,16,19,24H,3-4,9-11H2,1-2,5-8H3,(H,22,23);. The van der Waals surface area contributed by atoms with Crippen molar-refractivity contribution in [1.29, 1.82) is 0 Å². The van der Waals surface area contributed by atoms with Gasteiger partial charge in [0.15, 0.2) is 0 Å². The second-order valence-corrected chi connectivity index (χ2v) is 9.69. The van der Waals surface area contributed by atoms with Crippen LogP contribution in [0.1, 0.15) is 40.5 Å². The summed E-state index contributed by atoms with van der Waals surface area (Å²) in [6.07, 6.45) is 1.76. The van der Waals surface area contributed by atoms with Crippen molar-refractivity contribution in [3.8, 4) is 0 Å². The van der Waals surface area contributed by atoms with Crippen LogP contribution < -0.4 is 5.32 Å². The zero-order valence-electron chi connectivity index (χ0n) is 16.7. The van der Waals surface area contributed by atoms with Crippen LogP contribution in [0.5, 0.6) is 0 Å². The minimum absolute atomic E-state index is 0. The van der Waals surface area contributed by atoms with Crippen molar-refractivity contribution < 1.29 is 9.46 Å². The molecule has 2 fully saturated rings. The largest absolute Gasteiger partial charge is 0.365 e. The Morgan fingerprint density at radius 1 is 1.40 bits per heavy atom. The smallest absolute Gasteiger partial charge is 0.214 e. The average molecular weight is 622 g/mol. The van der Waals surface area contributed by atoms with Gasteiger partial charge in [-0.3, -0.25) is 4.57 Å². The molecule has 5 unspecified atom stereocenters. The van der Waals surface area contributed by atoms with Crippen molar-refractivity contribution in [3.63, 3.8) is 0 Å². The van der Waals surface area contributed by atoms with Gasteiger partial charge in [-0.05, 0) is 45.6 Å². The van der Waals surface area contributed by atoms with E-state index in [0.717, 1.165) is 30.8 Å². The van der Waals surface area contributed by atoms with Gasteiger partial charge in [0.1, 0.15) is 5.28 Å². The maximum atomic E-state index is 12.0. The number of nitrogens with zero attached hydrogens (tertiary/aromatic N) is 2. The van der Waals surface area contributed by atoms with Gasteiger partial charge in [0.05, 0.1) is 11.6 Å². The molecule has 25 heavy (non-hydrogen) atoms. The minimum Gasteiger partial charge on any atom is -0.365 e. The number of hydrogen-bond acceptors (Lipinski definition) is 4. The fourth-order valence-corrected chi connectivity index (χ4v) is 5.29. The van der Waals surface area contributed by atoms with E-state index >= 15 is 0 Å². The molecule has 1 heterocycles. The molecule has 5 nitrogen and oxygen atoms in total. The predicted octanol–water partition coefficient (Wildman–Crippen LogP) is 2.86. The van der Waals surface area contributed by atoms with Crippen LogP contribution in [0.4, 0.5) is 0 Å². The summed E-state index contributed by atoms with van der Waals surface area (Å²) in [5, 5.41) is 2.72. The number of rotatable bonds is 7. The zero-order valence-corrected chi connectivity index (χ0v) is 24.1. The molecule has 0 aromatic heterocycles. The van der Waals surface area contributed by atoms with Gasteiger partial charge < -0.3 is 20.0 Å². The summed E-state index contributed by atoms with van der Waals surface area (Å²) in [6.45, 7) is 18.1. The van der Waals surface area contributed by atoms with Crippen LogP contribution in [0.25, 0.3) is 0 Å².